The van der Waals surface area contributed by atoms with Crippen molar-refractivity contribution in [1.82, 2.24) is 14.9 Å². The lowest BCUT2D eigenvalue weighted by Crippen LogP contribution is -2.33. The van der Waals surface area contributed by atoms with Crippen LogP contribution in [0.2, 0.25) is 0 Å². The van der Waals surface area contributed by atoms with Crippen LogP contribution in [-0.4, -0.2) is 33.2 Å². The molecule has 1 amide bonds. The van der Waals surface area contributed by atoms with Gasteiger partial charge < -0.3 is 15.2 Å². The highest BCUT2D eigenvalue weighted by molar-refractivity contribution is 7.08. The molecule has 0 saturated heterocycles. The first-order chi connectivity index (χ1) is 11.1. The number of benzene rings is 1. The van der Waals surface area contributed by atoms with E-state index in [2.05, 4.69) is 14.9 Å². The lowest BCUT2D eigenvalue weighted by atomic mass is 10.0. The Kier molecular flexibility index (Phi) is 4.24. The summed E-state index contributed by atoms with van der Waals surface area (Å²) in [5.41, 5.74) is 2.04. The number of carbonyl (C=O) groups is 2. The number of nitrogens with one attached hydrogen (secondary N) is 1. The third kappa shape index (κ3) is 3.02. The second-order valence-corrected chi connectivity index (χ2v) is 5.87. The first-order valence-corrected chi connectivity index (χ1v) is 7.98. The summed E-state index contributed by atoms with van der Waals surface area (Å²) in [4.78, 5) is 24.3. The Morgan fingerprint density at radius 1 is 1.48 bits per heavy atom. The van der Waals surface area contributed by atoms with E-state index in [0.717, 1.165) is 29.3 Å². The maximum absolute atomic E-state index is 12.3. The van der Waals surface area contributed by atoms with Crippen molar-refractivity contribution in [3.63, 3.8) is 0 Å². The van der Waals surface area contributed by atoms with Crippen LogP contribution in [0.3, 0.4) is 0 Å². The highest BCUT2D eigenvalue weighted by Crippen LogP contribution is 2.28. The van der Waals surface area contributed by atoms with Gasteiger partial charge in [0.05, 0.1) is 12.3 Å². The van der Waals surface area contributed by atoms with Crippen LogP contribution in [-0.2, 0) is 17.6 Å². The van der Waals surface area contributed by atoms with E-state index >= 15 is 0 Å². The van der Waals surface area contributed by atoms with Gasteiger partial charge in [-0.1, -0.05) is 17.5 Å². The number of carbonyl (C=O) groups excluding carboxylic acids is 1. The van der Waals surface area contributed by atoms with E-state index in [0.29, 0.717) is 29.2 Å². The van der Waals surface area contributed by atoms with Crippen molar-refractivity contribution in [1.29, 1.82) is 0 Å². The van der Waals surface area contributed by atoms with Gasteiger partial charge in [0.15, 0.2) is 6.04 Å². The van der Waals surface area contributed by atoms with Crippen LogP contribution >= 0.6 is 11.5 Å². The van der Waals surface area contributed by atoms with Crippen molar-refractivity contribution in [2.45, 2.75) is 25.8 Å². The number of carboxylic acid groups (broad SMARTS) is 1. The molecule has 23 heavy (non-hydrogen) atoms. The predicted molar refractivity (Wildman–Crippen MR) is 82.8 cm³/mol. The number of rotatable bonds is 5. The van der Waals surface area contributed by atoms with Gasteiger partial charge in [-0.3, -0.25) is 4.79 Å². The zero-order chi connectivity index (χ0) is 16.4. The van der Waals surface area contributed by atoms with Crippen LogP contribution in [0.15, 0.2) is 18.2 Å². The molecule has 2 heterocycles. The van der Waals surface area contributed by atoms with Gasteiger partial charge in [0, 0.05) is 6.42 Å². The van der Waals surface area contributed by atoms with Crippen molar-refractivity contribution in [2.24, 2.45) is 0 Å². The van der Waals surface area contributed by atoms with Crippen LogP contribution in [0.4, 0.5) is 0 Å². The Morgan fingerprint density at radius 3 is 3.04 bits per heavy atom. The number of aryl methyl sites for hydroxylation is 1. The molecule has 0 radical (unpaired) electrons. The van der Waals surface area contributed by atoms with Gasteiger partial charge in [-0.2, -0.15) is 0 Å². The van der Waals surface area contributed by atoms with Crippen LogP contribution in [0.5, 0.6) is 5.75 Å². The minimum Gasteiger partial charge on any atom is -0.493 e. The first kappa shape index (κ1) is 15.4. The van der Waals surface area contributed by atoms with E-state index in [1.807, 2.05) is 6.92 Å². The number of ether oxygens (including phenoxy) is 1. The molecule has 0 spiro atoms. The maximum atomic E-state index is 12.3. The zero-order valence-electron chi connectivity index (χ0n) is 12.4. The summed E-state index contributed by atoms with van der Waals surface area (Å²) < 4.78 is 9.17. The Morgan fingerprint density at radius 2 is 2.30 bits per heavy atom. The van der Waals surface area contributed by atoms with Gasteiger partial charge in [-0.05, 0) is 41.2 Å². The number of carboxylic acids is 1. The monoisotopic (exact) mass is 333 g/mol. The van der Waals surface area contributed by atoms with E-state index < -0.39 is 17.9 Å². The summed E-state index contributed by atoms with van der Waals surface area (Å²) in [6.45, 7) is 2.46. The molecule has 1 unspecified atom stereocenters. The van der Waals surface area contributed by atoms with E-state index in [1.54, 1.807) is 18.2 Å². The molecule has 120 valence electrons. The molecule has 8 heteroatoms. The van der Waals surface area contributed by atoms with Crippen molar-refractivity contribution < 1.29 is 19.4 Å². The molecule has 1 atom stereocenters. The quantitative estimate of drug-likeness (QED) is 0.861. The minimum atomic E-state index is -1.12. The fraction of sp³-hybridized carbons (Fsp3) is 0.333. The summed E-state index contributed by atoms with van der Waals surface area (Å²) in [7, 11) is 0. The summed E-state index contributed by atoms with van der Waals surface area (Å²) in [5.74, 6) is -0.821. The molecule has 0 saturated carbocycles. The van der Waals surface area contributed by atoms with Crippen molar-refractivity contribution >= 4 is 23.4 Å². The van der Waals surface area contributed by atoms with Crippen molar-refractivity contribution in [3.05, 3.63) is 39.9 Å². The molecule has 3 rings (SSSR count). The Hall–Kier alpha value is -2.48. The standard InChI is InChI=1S/C15H15N3O4S/c1-2-10-13(23-18-17-10)14(19)16-12(15(20)21)9-3-4-11-8(7-9)5-6-22-11/h3-4,7,12H,2,5-6H2,1H3,(H,16,19)(H,20,21). The largest absolute Gasteiger partial charge is 0.493 e. The van der Waals surface area contributed by atoms with Gasteiger partial charge in [-0.15, -0.1) is 5.10 Å². The molecule has 1 aliphatic heterocycles. The van der Waals surface area contributed by atoms with Crippen LogP contribution in [0.1, 0.15) is 39.5 Å². The average molecular weight is 333 g/mol. The van der Waals surface area contributed by atoms with Crippen molar-refractivity contribution in [3.8, 4) is 5.75 Å². The van der Waals surface area contributed by atoms with E-state index in [1.165, 1.54) is 0 Å². The van der Waals surface area contributed by atoms with Crippen LogP contribution < -0.4 is 10.1 Å². The number of nitrogens with zero attached hydrogens (tertiary/aromatic N) is 2. The molecule has 0 fully saturated rings. The van der Waals surface area contributed by atoms with Gasteiger partial charge in [0.1, 0.15) is 10.6 Å². The topological polar surface area (TPSA) is 101 Å². The molecule has 0 aliphatic carbocycles. The zero-order valence-corrected chi connectivity index (χ0v) is 13.2. The minimum absolute atomic E-state index is 0.350. The summed E-state index contributed by atoms with van der Waals surface area (Å²) in [6.07, 6.45) is 1.30. The lowest BCUT2D eigenvalue weighted by Gasteiger charge is -2.15. The first-order valence-electron chi connectivity index (χ1n) is 7.20. The molecule has 0 bridgehead atoms. The highest BCUT2D eigenvalue weighted by atomic mass is 32.1. The smallest absolute Gasteiger partial charge is 0.330 e. The maximum Gasteiger partial charge on any atom is 0.330 e. The number of aromatic nitrogens is 2. The normalized spacial score (nSPS) is 14.0. The molecule has 2 N–H and O–H groups in total. The molecule has 1 aromatic carbocycles. The lowest BCUT2D eigenvalue weighted by molar-refractivity contribution is -0.139. The summed E-state index contributed by atoms with van der Waals surface area (Å²) in [6, 6.07) is 4.05. The average Bonchev–Trinajstić information content (AvgIpc) is 3.19. The number of amides is 1. The van der Waals surface area contributed by atoms with Crippen LogP contribution in [0.25, 0.3) is 0 Å². The number of aliphatic carboxylic acids is 1. The Labute approximate surface area is 136 Å². The fourth-order valence-electron chi connectivity index (χ4n) is 2.48. The predicted octanol–water partition coefficient (Wildman–Crippen LogP) is 1.59. The van der Waals surface area contributed by atoms with Crippen LogP contribution in [0, 0.1) is 0 Å². The Bertz CT molecular complexity index is 759. The molecular weight excluding hydrogens is 318 g/mol. The summed E-state index contributed by atoms with van der Waals surface area (Å²) in [5, 5.41) is 15.9. The van der Waals surface area contributed by atoms with E-state index in [-0.39, 0.29) is 0 Å². The second-order valence-electron chi connectivity index (χ2n) is 5.11. The van der Waals surface area contributed by atoms with E-state index in [9.17, 15) is 14.7 Å². The van der Waals surface area contributed by atoms with Gasteiger partial charge >= 0.3 is 5.97 Å². The second kappa shape index (κ2) is 6.33. The van der Waals surface area contributed by atoms with Gasteiger partial charge in [0.2, 0.25) is 0 Å². The third-order valence-corrected chi connectivity index (χ3v) is 4.43. The Balaban J connectivity index is 1.85. The highest BCUT2D eigenvalue weighted by Gasteiger charge is 2.26. The molecule has 1 aliphatic rings. The summed E-state index contributed by atoms with van der Waals surface area (Å²) >= 11 is 0.965. The molecule has 1 aromatic heterocycles. The number of hydrogen-bond donors (Lipinski definition) is 2. The molecule has 7 nitrogen and oxygen atoms in total. The SMILES string of the molecule is CCc1nnsc1C(=O)NC(C(=O)O)c1ccc2c(c1)CCO2. The third-order valence-electron chi connectivity index (χ3n) is 3.67. The molecule has 2 aromatic rings. The molecular formula is C15H15N3O4S. The number of hydrogen-bond acceptors (Lipinski definition) is 6. The fourth-order valence-corrected chi connectivity index (χ4v) is 3.14. The van der Waals surface area contributed by atoms with Gasteiger partial charge in [-0.25, -0.2) is 4.79 Å². The number of fused-ring (bicyclic) bond motifs is 1. The van der Waals surface area contributed by atoms with Gasteiger partial charge in [0.25, 0.3) is 5.91 Å². The van der Waals surface area contributed by atoms with Crippen molar-refractivity contribution in [2.75, 3.05) is 6.61 Å². The van der Waals surface area contributed by atoms with E-state index in [4.69, 9.17) is 4.74 Å².